The fourth-order valence-corrected chi connectivity index (χ4v) is 3.54. The molecule has 4 nitrogen and oxygen atoms in total. The molecule has 1 atom stereocenters. The molecule has 0 spiro atoms. The third-order valence-corrected chi connectivity index (χ3v) is 5.61. The SMILES string of the molecule is CCCNC(=O)[C@H](C)N(Cc1ccc(C)cc1)C(=O)CSc1ccc(Cl)cc1. The number of thioether (sulfide) groups is 1. The summed E-state index contributed by atoms with van der Waals surface area (Å²) in [6, 6.07) is 14.9. The van der Waals surface area contributed by atoms with Crippen molar-refractivity contribution in [1.82, 2.24) is 10.2 Å². The molecule has 2 amide bonds. The van der Waals surface area contributed by atoms with Crippen LogP contribution < -0.4 is 5.32 Å². The highest BCUT2D eigenvalue weighted by Gasteiger charge is 2.25. The summed E-state index contributed by atoms with van der Waals surface area (Å²) in [4.78, 5) is 28.1. The maximum Gasteiger partial charge on any atom is 0.242 e. The highest BCUT2D eigenvalue weighted by atomic mass is 35.5. The maximum absolute atomic E-state index is 13.0. The van der Waals surface area contributed by atoms with Gasteiger partial charge in [0, 0.05) is 23.0 Å². The molecule has 0 heterocycles. The van der Waals surface area contributed by atoms with Crippen molar-refractivity contribution in [3.63, 3.8) is 0 Å². The highest BCUT2D eigenvalue weighted by Crippen LogP contribution is 2.22. The Kier molecular flexibility index (Phi) is 8.87. The van der Waals surface area contributed by atoms with E-state index in [1.807, 2.05) is 50.2 Å². The molecular formula is C22H27ClN2O2S. The first-order chi connectivity index (χ1) is 13.4. The summed E-state index contributed by atoms with van der Waals surface area (Å²) < 4.78 is 0. The van der Waals surface area contributed by atoms with E-state index in [-0.39, 0.29) is 17.6 Å². The van der Waals surface area contributed by atoms with Gasteiger partial charge in [-0.1, -0.05) is 48.4 Å². The van der Waals surface area contributed by atoms with Gasteiger partial charge in [0.25, 0.3) is 0 Å². The Morgan fingerprint density at radius 3 is 2.36 bits per heavy atom. The van der Waals surface area contributed by atoms with E-state index in [4.69, 9.17) is 11.6 Å². The van der Waals surface area contributed by atoms with Crippen molar-refractivity contribution in [2.75, 3.05) is 12.3 Å². The normalized spacial score (nSPS) is 11.7. The van der Waals surface area contributed by atoms with Gasteiger partial charge in [-0.15, -0.1) is 11.8 Å². The molecule has 2 rings (SSSR count). The van der Waals surface area contributed by atoms with Gasteiger partial charge in [-0.05, 0) is 50.1 Å². The quantitative estimate of drug-likeness (QED) is 0.601. The lowest BCUT2D eigenvalue weighted by Crippen LogP contribution is -2.48. The van der Waals surface area contributed by atoms with Gasteiger partial charge in [0.15, 0.2) is 0 Å². The summed E-state index contributed by atoms with van der Waals surface area (Å²) in [5, 5.41) is 3.55. The number of carbonyl (C=O) groups excluding carboxylic acids is 2. The van der Waals surface area contributed by atoms with E-state index >= 15 is 0 Å². The first-order valence-electron chi connectivity index (χ1n) is 9.41. The lowest BCUT2D eigenvalue weighted by molar-refractivity contribution is -0.138. The number of nitrogens with zero attached hydrogens (tertiary/aromatic N) is 1. The van der Waals surface area contributed by atoms with Crippen molar-refractivity contribution in [2.45, 2.75) is 44.7 Å². The highest BCUT2D eigenvalue weighted by molar-refractivity contribution is 8.00. The first kappa shape index (κ1) is 22.3. The Morgan fingerprint density at radius 1 is 1.11 bits per heavy atom. The second-order valence-corrected chi connectivity index (χ2v) is 8.20. The third kappa shape index (κ3) is 6.88. The largest absolute Gasteiger partial charge is 0.354 e. The predicted molar refractivity (Wildman–Crippen MR) is 117 cm³/mol. The monoisotopic (exact) mass is 418 g/mol. The van der Waals surface area contributed by atoms with Gasteiger partial charge in [-0.2, -0.15) is 0 Å². The van der Waals surface area contributed by atoms with Gasteiger partial charge in [-0.3, -0.25) is 9.59 Å². The summed E-state index contributed by atoms with van der Waals surface area (Å²) in [5.41, 5.74) is 2.17. The van der Waals surface area contributed by atoms with E-state index in [0.717, 1.165) is 22.4 Å². The molecule has 0 radical (unpaired) electrons. The number of halogens is 1. The van der Waals surface area contributed by atoms with Crippen molar-refractivity contribution < 1.29 is 9.59 Å². The number of hydrogen-bond donors (Lipinski definition) is 1. The summed E-state index contributed by atoms with van der Waals surface area (Å²) in [6.45, 7) is 6.82. The predicted octanol–water partition coefficient (Wildman–Crippen LogP) is 4.68. The van der Waals surface area contributed by atoms with Gasteiger partial charge in [0.05, 0.1) is 5.75 Å². The maximum atomic E-state index is 13.0. The number of benzene rings is 2. The van der Waals surface area contributed by atoms with Gasteiger partial charge in [0.2, 0.25) is 11.8 Å². The zero-order chi connectivity index (χ0) is 20.5. The molecular weight excluding hydrogens is 392 g/mol. The van der Waals surface area contributed by atoms with Crippen LogP contribution in [0.1, 0.15) is 31.4 Å². The average molecular weight is 419 g/mol. The topological polar surface area (TPSA) is 49.4 Å². The average Bonchev–Trinajstić information content (AvgIpc) is 2.70. The number of hydrogen-bond acceptors (Lipinski definition) is 3. The van der Waals surface area contributed by atoms with Gasteiger partial charge in [-0.25, -0.2) is 0 Å². The van der Waals surface area contributed by atoms with Crippen molar-refractivity contribution in [3.05, 3.63) is 64.7 Å². The molecule has 28 heavy (non-hydrogen) atoms. The fraction of sp³-hybridized carbons (Fsp3) is 0.364. The molecule has 2 aromatic rings. The third-order valence-electron chi connectivity index (χ3n) is 4.37. The van der Waals surface area contributed by atoms with E-state index in [1.165, 1.54) is 11.8 Å². The van der Waals surface area contributed by atoms with Crippen LogP contribution in [0.3, 0.4) is 0 Å². The van der Waals surface area contributed by atoms with Crippen LogP contribution in [0.2, 0.25) is 5.02 Å². The van der Waals surface area contributed by atoms with Gasteiger partial charge in [0.1, 0.15) is 6.04 Å². The van der Waals surface area contributed by atoms with Crippen LogP contribution in [0.25, 0.3) is 0 Å². The Balaban J connectivity index is 2.10. The number of aryl methyl sites for hydroxylation is 1. The van der Waals surface area contributed by atoms with E-state index < -0.39 is 6.04 Å². The second kappa shape index (κ2) is 11.1. The number of amides is 2. The molecule has 0 saturated carbocycles. The van der Waals surface area contributed by atoms with Crippen LogP contribution in [0.4, 0.5) is 0 Å². The van der Waals surface area contributed by atoms with Crippen LogP contribution in [0, 0.1) is 6.92 Å². The summed E-state index contributed by atoms with van der Waals surface area (Å²) in [6.07, 6.45) is 0.858. The Morgan fingerprint density at radius 2 is 1.75 bits per heavy atom. The van der Waals surface area contributed by atoms with Crippen molar-refractivity contribution >= 4 is 35.2 Å². The van der Waals surface area contributed by atoms with Crippen LogP contribution in [-0.4, -0.2) is 35.1 Å². The molecule has 6 heteroatoms. The molecule has 0 fully saturated rings. The molecule has 0 aliphatic rings. The zero-order valence-corrected chi connectivity index (χ0v) is 18.1. The molecule has 2 aromatic carbocycles. The van der Waals surface area contributed by atoms with Crippen molar-refractivity contribution in [3.8, 4) is 0 Å². The van der Waals surface area contributed by atoms with Crippen LogP contribution in [0.15, 0.2) is 53.4 Å². The zero-order valence-electron chi connectivity index (χ0n) is 16.6. The van der Waals surface area contributed by atoms with E-state index in [0.29, 0.717) is 18.1 Å². The number of nitrogens with one attached hydrogen (secondary N) is 1. The first-order valence-corrected chi connectivity index (χ1v) is 10.8. The molecule has 1 N–H and O–H groups in total. The molecule has 0 aliphatic heterocycles. The molecule has 0 bridgehead atoms. The summed E-state index contributed by atoms with van der Waals surface area (Å²) in [5.74, 6) is 0.0669. The molecule has 0 saturated heterocycles. The van der Waals surface area contributed by atoms with Crippen LogP contribution in [0.5, 0.6) is 0 Å². The van der Waals surface area contributed by atoms with E-state index in [9.17, 15) is 9.59 Å². The minimum Gasteiger partial charge on any atom is -0.354 e. The van der Waals surface area contributed by atoms with E-state index in [1.54, 1.807) is 24.0 Å². The lowest BCUT2D eigenvalue weighted by atomic mass is 10.1. The Labute approximate surface area is 176 Å². The van der Waals surface area contributed by atoms with Crippen LogP contribution in [-0.2, 0) is 16.1 Å². The van der Waals surface area contributed by atoms with Crippen molar-refractivity contribution in [1.29, 1.82) is 0 Å². The Hall–Kier alpha value is -1.98. The molecule has 0 aliphatic carbocycles. The number of carbonyl (C=O) groups is 2. The van der Waals surface area contributed by atoms with E-state index in [2.05, 4.69) is 5.32 Å². The molecule has 0 aromatic heterocycles. The smallest absolute Gasteiger partial charge is 0.242 e. The standard InChI is InChI=1S/C22H27ClN2O2S/c1-4-13-24-22(27)17(3)25(14-18-7-5-16(2)6-8-18)21(26)15-28-20-11-9-19(23)10-12-20/h5-12,17H,4,13-15H2,1-3H3,(H,24,27)/t17-/m0/s1. The van der Waals surface area contributed by atoms with Crippen LogP contribution >= 0.6 is 23.4 Å². The number of rotatable bonds is 9. The molecule has 150 valence electrons. The minimum absolute atomic E-state index is 0.0697. The molecule has 0 unspecified atom stereocenters. The fourth-order valence-electron chi connectivity index (χ4n) is 2.63. The Bertz CT molecular complexity index is 778. The minimum atomic E-state index is -0.536. The summed E-state index contributed by atoms with van der Waals surface area (Å²) >= 11 is 7.36. The van der Waals surface area contributed by atoms with Gasteiger partial charge < -0.3 is 10.2 Å². The second-order valence-electron chi connectivity index (χ2n) is 6.72. The lowest BCUT2D eigenvalue weighted by Gasteiger charge is -2.28. The van der Waals surface area contributed by atoms with Crippen molar-refractivity contribution in [2.24, 2.45) is 0 Å². The summed E-state index contributed by atoms with van der Waals surface area (Å²) in [7, 11) is 0. The van der Waals surface area contributed by atoms with Gasteiger partial charge >= 0.3 is 0 Å².